The van der Waals surface area contributed by atoms with Gasteiger partial charge in [0.2, 0.25) is 5.82 Å². The van der Waals surface area contributed by atoms with Crippen LogP contribution in [0.4, 0.5) is 0 Å². The molecule has 0 spiro atoms. The van der Waals surface area contributed by atoms with Crippen LogP contribution < -0.4 is 10.1 Å². The fraction of sp³-hybridized carbons (Fsp3) is 0.167. The summed E-state index contributed by atoms with van der Waals surface area (Å²) in [5.41, 5.74) is 3.54. The third-order valence-electron chi connectivity index (χ3n) is 4.86. The molecule has 1 heterocycles. The summed E-state index contributed by atoms with van der Waals surface area (Å²) in [5.74, 6) is 1.16. The summed E-state index contributed by atoms with van der Waals surface area (Å²) in [7, 11) is 1.64. The number of benzene rings is 3. The number of tetrazole rings is 1. The Balaban J connectivity index is 1.39. The van der Waals surface area contributed by atoms with Crippen molar-refractivity contribution < 1.29 is 9.53 Å². The van der Waals surface area contributed by atoms with E-state index in [0.717, 1.165) is 23.3 Å². The summed E-state index contributed by atoms with van der Waals surface area (Å²) in [4.78, 5) is 14.1. The molecular weight excluding hydrogens is 390 g/mol. The van der Waals surface area contributed by atoms with Crippen LogP contribution in [-0.2, 0) is 13.0 Å². The molecule has 0 saturated carbocycles. The van der Waals surface area contributed by atoms with Crippen LogP contribution in [0.3, 0.4) is 0 Å². The first-order valence-electron chi connectivity index (χ1n) is 10.0. The first kappa shape index (κ1) is 20.3. The van der Waals surface area contributed by atoms with E-state index in [-0.39, 0.29) is 5.91 Å². The molecular formula is C24H23N5O2. The van der Waals surface area contributed by atoms with Crippen molar-refractivity contribution in [3.63, 3.8) is 0 Å². The largest absolute Gasteiger partial charge is 0.497 e. The number of hydrogen-bond donors (Lipinski definition) is 1. The molecule has 0 atom stereocenters. The third kappa shape index (κ3) is 5.33. The molecule has 7 heteroatoms. The van der Waals surface area contributed by atoms with Gasteiger partial charge in [0.15, 0.2) is 0 Å². The number of nitrogens with zero attached hydrogens (tertiary/aromatic N) is 4. The molecule has 0 aliphatic heterocycles. The van der Waals surface area contributed by atoms with Crippen molar-refractivity contribution in [1.82, 2.24) is 25.5 Å². The van der Waals surface area contributed by atoms with E-state index in [1.807, 2.05) is 66.7 Å². The van der Waals surface area contributed by atoms with Gasteiger partial charge in [-0.3, -0.25) is 4.79 Å². The quantitative estimate of drug-likeness (QED) is 0.479. The van der Waals surface area contributed by atoms with Crippen LogP contribution in [0.15, 0.2) is 78.9 Å². The van der Waals surface area contributed by atoms with Crippen molar-refractivity contribution in [3.05, 3.63) is 95.6 Å². The van der Waals surface area contributed by atoms with Gasteiger partial charge in [-0.05, 0) is 47.0 Å². The lowest BCUT2D eigenvalue weighted by Gasteiger charge is -2.06. The standard InChI is InChI=1S/C24H23N5O2/c1-31-22-12-10-19(11-13-22)17-29-27-23(26-28-29)20-8-5-9-21(16-20)24(30)25-15-14-18-6-3-2-4-7-18/h2-13,16H,14-15,17H2,1H3,(H,25,30). The maximum atomic E-state index is 12.5. The van der Waals surface area contributed by atoms with Crippen molar-refractivity contribution in [1.29, 1.82) is 0 Å². The van der Waals surface area contributed by atoms with E-state index in [4.69, 9.17) is 4.74 Å². The molecule has 4 rings (SSSR count). The Labute approximate surface area is 180 Å². The summed E-state index contributed by atoms with van der Waals surface area (Å²) >= 11 is 0. The van der Waals surface area contributed by atoms with Gasteiger partial charge in [0, 0.05) is 17.7 Å². The van der Waals surface area contributed by atoms with Crippen LogP contribution in [0.5, 0.6) is 5.75 Å². The molecule has 31 heavy (non-hydrogen) atoms. The molecule has 156 valence electrons. The molecule has 0 fully saturated rings. The Hall–Kier alpha value is -4.00. The van der Waals surface area contributed by atoms with E-state index in [1.165, 1.54) is 10.4 Å². The lowest BCUT2D eigenvalue weighted by molar-refractivity contribution is 0.0954. The number of methoxy groups -OCH3 is 1. The summed E-state index contributed by atoms with van der Waals surface area (Å²) in [6, 6.07) is 25.0. The van der Waals surface area contributed by atoms with Crippen molar-refractivity contribution in [2.24, 2.45) is 0 Å². The Bertz CT molecular complexity index is 1140. The minimum atomic E-state index is -0.122. The second kappa shape index (κ2) is 9.67. The van der Waals surface area contributed by atoms with Gasteiger partial charge in [-0.25, -0.2) is 0 Å². The van der Waals surface area contributed by atoms with E-state index in [2.05, 4.69) is 20.7 Å². The van der Waals surface area contributed by atoms with Gasteiger partial charge < -0.3 is 10.1 Å². The maximum Gasteiger partial charge on any atom is 0.251 e. The molecule has 3 aromatic carbocycles. The summed E-state index contributed by atoms with van der Waals surface area (Å²) in [5, 5.41) is 15.7. The molecule has 7 nitrogen and oxygen atoms in total. The van der Waals surface area contributed by atoms with Gasteiger partial charge in [0.05, 0.1) is 13.7 Å². The van der Waals surface area contributed by atoms with Gasteiger partial charge in [-0.1, -0.05) is 54.6 Å². The van der Waals surface area contributed by atoms with Crippen LogP contribution in [0.2, 0.25) is 0 Å². The van der Waals surface area contributed by atoms with Crippen LogP contribution >= 0.6 is 0 Å². The van der Waals surface area contributed by atoms with Crippen LogP contribution in [0.25, 0.3) is 11.4 Å². The molecule has 1 amide bonds. The average molecular weight is 413 g/mol. The van der Waals surface area contributed by atoms with Gasteiger partial charge in [-0.2, -0.15) is 4.80 Å². The van der Waals surface area contributed by atoms with Crippen LogP contribution in [0, 0.1) is 0 Å². The van der Waals surface area contributed by atoms with Gasteiger partial charge >= 0.3 is 0 Å². The SMILES string of the molecule is COc1ccc(Cn2nnc(-c3cccc(C(=O)NCCc4ccccc4)c3)n2)cc1. The molecule has 0 aliphatic rings. The predicted molar refractivity (Wildman–Crippen MR) is 118 cm³/mol. The zero-order chi connectivity index (χ0) is 21.5. The fourth-order valence-electron chi connectivity index (χ4n) is 3.19. The van der Waals surface area contributed by atoms with Crippen molar-refractivity contribution in [3.8, 4) is 17.1 Å². The van der Waals surface area contributed by atoms with Crippen LogP contribution in [-0.4, -0.2) is 39.8 Å². The first-order valence-corrected chi connectivity index (χ1v) is 10.0. The van der Waals surface area contributed by atoms with Crippen LogP contribution in [0.1, 0.15) is 21.5 Å². The monoisotopic (exact) mass is 413 g/mol. The average Bonchev–Trinajstić information content (AvgIpc) is 3.29. The number of aromatic nitrogens is 4. The second-order valence-electron chi connectivity index (χ2n) is 7.06. The highest BCUT2D eigenvalue weighted by Gasteiger charge is 2.11. The van der Waals surface area contributed by atoms with E-state index in [0.29, 0.717) is 24.5 Å². The minimum Gasteiger partial charge on any atom is -0.497 e. The smallest absolute Gasteiger partial charge is 0.251 e. The molecule has 0 unspecified atom stereocenters. The highest BCUT2D eigenvalue weighted by atomic mass is 16.5. The number of rotatable bonds is 8. The highest BCUT2D eigenvalue weighted by Crippen LogP contribution is 2.16. The number of ether oxygens (including phenoxy) is 1. The first-order chi connectivity index (χ1) is 15.2. The van der Waals surface area contributed by atoms with Crippen molar-refractivity contribution >= 4 is 5.91 Å². The van der Waals surface area contributed by atoms with Crippen molar-refractivity contribution in [2.45, 2.75) is 13.0 Å². The number of carbonyl (C=O) groups is 1. The van der Waals surface area contributed by atoms with Gasteiger partial charge in [0.1, 0.15) is 5.75 Å². The highest BCUT2D eigenvalue weighted by molar-refractivity contribution is 5.95. The predicted octanol–water partition coefficient (Wildman–Crippen LogP) is 3.37. The third-order valence-corrected chi connectivity index (χ3v) is 4.86. The maximum absolute atomic E-state index is 12.5. The Kier molecular flexibility index (Phi) is 6.32. The number of nitrogens with one attached hydrogen (secondary N) is 1. The number of amides is 1. The minimum absolute atomic E-state index is 0.122. The van der Waals surface area contributed by atoms with E-state index >= 15 is 0 Å². The van der Waals surface area contributed by atoms with E-state index in [9.17, 15) is 4.79 Å². The van der Waals surface area contributed by atoms with Gasteiger partial charge in [0.25, 0.3) is 5.91 Å². The zero-order valence-corrected chi connectivity index (χ0v) is 17.2. The van der Waals surface area contributed by atoms with E-state index < -0.39 is 0 Å². The Morgan fingerprint density at radius 1 is 0.968 bits per heavy atom. The molecule has 0 aliphatic carbocycles. The van der Waals surface area contributed by atoms with Gasteiger partial charge in [-0.15, -0.1) is 10.2 Å². The molecule has 0 radical (unpaired) electrons. The zero-order valence-electron chi connectivity index (χ0n) is 17.2. The van der Waals surface area contributed by atoms with E-state index in [1.54, 1.807) is 19.2 Å². The summed E-state index contributed by atoms with van der Waals surface area (Å²) < 4.78 is 5.18. The fourth-order valence-corrected chi connectivity index (χ4v) is 3.19. The summed E-state index contributed by atoms with van der Waals surface area (Å²) in [6.07, 6.45) is 0.785. The topological polar surface area (TPSA) is 81.9 Å². The molecule has 1 aromatic heterocycles. The number of carbonyl (C=O) groups excluding carboxylic acids is 1. The lowest BCUT2D eigenvalue weighted by atomic mass is 10.1. The lowest BCUT2D eigenvalue weighted by Crippen LogP contribution is -2.25. The second-order valence-corrected chi connectivity index (χ2v) is 7.06. The molecule has 4 aromatic rings. The Morgan fingerprint density at radius 3 is 2.55 bits per heavy atom. The summed E-state index contributed by atoms with van der Waals surface area (Å²) in [6.45, 7) is 1.07. The number of hydrogen-bond acceptors (Lipinski definition) is 5. The van der Waals surface area contributed by atoms with Crippen molar-refractivity contribution in [2.75, 3.05) is 13.7 Å². The normalized spacial score (nSPS) is 10.6. The Morgan fingerprint density at radius 2 is 1.77 bits per heavy atom. The molecule has 0 bridgehead atoms. The molecule has 0 saturated heterocycles. The molecule has 1 N–H and O–H groups in total.